The minimum absolute atomic E-state index is 0.181. The maximum absolute atomic E-state index is 8.84. The largest absolute Gasteiger partial charge is 0.395 e. The van der Waals surface area contributed by atoms with E-state index in [1.807, 2.05) is 25.5 Å². The lowest BCUT2D eigenvalue weighted by molar-refractivity contribution is 0.217. The van der Waals surface area contributed by atoms with E-state index >= 15 is 0 Å². The number of hydrogen-bond donors (Lipinski definition) is 5. The first-order valence-corrected chi connectivity index (χ1v) is 11.1. The number of alkyl halides is 1. The van der Waals surface area contributed by atoms with Crippen LogP contribution in [0, 0.1) is 0 Å². The fourth-order valence-corrected chi connectivity index (χ4v) is 3.42. The molecule has 0 radical (unpaired) electrons. The van der Waals surface area contributed by atoms with Gasteiger partial charge in [-0.2, -0.15) is 0 Å². The molecule has 2 aromatic heterocycles. The number of fused-ring (bicyclic) bond motifs is 2. The molecule has 0 bridgehead atoms. The van der Waals surface area contributed by atoms with Gasteiger partial charge in [0.15, 0.2) is 0 Å². The summed E-state index contributed by atoms with van der Waals surface area (Å²) in [5, 5.41) is 23.1. The molecular formula is C24H33ClN4O2. The van der Waals surface area contributed by atoms with E-state index in [2.05, 4.69) is 74.3 Å². The highest BCUT2D eigenvalue weighted by Gasteiger charge is 2.04. The average molecular weight is 445 g/mol. The smallest absolute Gasteiger partial charge is 0.0558 e. The number of para-hydroxylation sites is 2. The summed E-state index contributed by atoms with van der Waals surface area (Å²) in [6.07, 6.45) is 5.38. The Morgan fingerprint density at radius 1 is 0.839 bits per heavy atom. The van der Waals surface area contributed by atoms with Gasteiger partial charge >= 0.3 is 0 Å². The van der Waals surface area contributed by atoms with Crippen LogP contribution in [0.3, 0.4) is 0 Å². The van der Waals surface area contributed by atoms with Crippen LogP contribution in [0.5, 0.6) is 0 Å². The van der Waals surface area contributed by atoms with Crippen LogP contribution in [-0.2, 0) is 13.1 Å². The molecule has 0 saturated carbocycles. The van der Waals surface area contributed by atoms with Gasteiger partial charge in [-0.1, -0.05) is 36.4 Å². The number of benzene rings is 2. The number of nitrogens with one attached hydrogen (secondary N) is 3. The number of aliphatic hydroxyl groups is 2. The van der Waals surface area contributed by atoms with Crippen LogP contribution in [0.15, 0.2) is 60.9 Å². The SMILES string of the molecule is CCl.CN(CCO)Cc1cccc2cc[nH]c12.OCCNCc1cccc2cc[nH]c12. The van der Waals surface area contributed by atoms with E-state index < -0.39 is 0 Å². The second-order valence-electron chi connectivity index (χ2n) is 7.08. The summed E-state index contributed by atoms with van der Waals surface area (Å²) in [5.74, 6) is 0. The summed E-state index contributed by atoms with van der Waals surface area (Å²) in [4.78, 5) is 8.57. The van der Waals surface area contributed by atoms with E-state index in [4.69, 9.17) is 10.2 Å². The van der Waals surface area contributed by atoms with Crippen molar-refractivity contribution in [1.29, 1.82) is 0 Å². The van der Waals surface area contributed by atoms with Gasteiger partial charge in [0.05, 0.1) is 13.2 Å². The summed E-state index contributed by atoms with van der Waals surface area (Å²) >= 11 is 4.64. The van der Waals surface area contributed by atoms with Crippen molar-refractivity contribution in [2.45, 2.75) is 13.1 Å². The van der Waals surface area contributed by atoms with Crippen molar-refractivity contribution in [2.24, 2.45) is 0 Å². The molecule has 0 aliphatic rings. The lowest BCUT2D eigenvalue weighted by Gasteiger charge is -2.15. The fraction of sp³-hybridized carbons (Fsp3) is 0.333. The average Bonchev–Trinajstić information content (AvgIpc) is 3.46. The molecule has 0 fully saturated rings. The summed E-state index contributed by atoms with van der Waals surface area (Å²) in [7, 11) is 2.01. The quantitative estimate of drug-likeness (QED) is 0.212. The second-order valence-corrected chi connectivity index (χ2v) is 7.08. The molecule has 4 rings (SSSR count). The predicted molar refractivity (Wildman–Crippen MR) is 131 cm³/mol. The van der Waals surface area contributed by atoms with Crippen molar-refractivity contribution in [3.8, 4) is 0 Å². The minimum Gasteiger partial charge on any atom is -0.395 e. The Balaban J connectivity index is 0.000000204. The Bertz CT molecular complexity index is 1010. The summed E-state index contributed by atoms with van der Waals surface area (Å²) in [6, 6.07) is 16.6. The van der Waals surface area contributed by atoms with E-state index in [9.17, 15) is 0 Å². The molecule has 31 heavy (non-hydrogen) atoms. The van der Waals surface area contributed by atoms with E-state index in [0.29, 0.717) is 13.1 Å². The van der Waals surface area contributed by atoms with E-state index in [0.717, 1.165) is 13.1 Å². The van der Waals surface area contributed by atoms with Crippen LogP contribution in [-0.4, -0.2) is 64.8 Å². The molecule has 6 nitrogen and oxygen atoms in total. The number of hydrogen-bond acceptors (Lipinski definition) is 4. The predicted octanol–water partition coefficient (Wildman–Crippen LogP) is 3.70. The molecule has 0 saturated heterocycles. The molecule has 2 aromatic carbocycles. The van der Waals surface area contributed by atoms with Gasteiger partial charge in [-0.05, 0) is 41.1 Å². The van der Waals surface area contributed by atoms with Crippen molar-refractivity contribution < 1.29 is 10.2 Å². The van der Waals surface area contributed by atoms with Gasteiger partial charge < -0.3 is 25.5 Å². The molecule has 0 unspecified atom stereocenters. The molecule has 0 amide bonds. The molecule has 7 heteroatoms. The normalized spacial score (nSPS) is 10.6. The zero-order valence-corrected chi connectivity index (χ0v) is 19.0. The molecule has 168 valence electrons. The first-order chi connectivity index (χ1) is 15.2. The summed E-state index contributed by atoms with van der Waals surface area (Å²) in [6.45, 7) is 3.38. The van der Waals surface area contributed by atoms with Crippen molar-refractivity contribution >= 4 is 33.4 Å². The molecule has 0 spiro atoms. The highest BCUT2D eigenvalue weighted by atomic mass is 35.5. The van der Waals surface area contributed by atoms with Gasteiger partial charge in [0, 0.05) is 56.0 Å². The third-order valence-electron chi connectivity index (χ3n) is 4.87. The van der Waals surface area contributed by atoms with Crippen LogP contribution in [0.1, 0.15) is 11.1 Å². The Kier molecular flexibility index (Phi) is 11.1. The van der Waals surface area contributed by atoms with Gasteiger partial charge in [0.2, 0.25) is 0 Å². The van der Waals surface area contributed by atoms with Gasteiger partial charge in [-0.3, -0.25) is 4.90 Å². The zero-order chi connectivity index (χ0) is 22.5. The van der Waals surface area contributed by atoms with Gasteiger partial charge in [0.25, 0.3) is 0 Å². The number of aliphatic hydroxyl groups excluding tert-OH is 2. The maximum Gasteiger partial charge on any atom is 0.0558 e. The van der Waals surface area contributed by atoms with Gasteiger partial charge in [-0.25, -0.2) is 0 Å². The topological polar surface area (TPSA) is 87.3 Å². The number of aromatic amines is 2. The number of aromatic nitrogens is 2. The number of likely N-dealkylation sites (N-methyl/N-ethyl adjacent to an activating group) is 1. The molecule has 2 heterocycles. The third kappa shape index (κ3) is 7.38. The first-order valence-electron chi connectivity index (χ1n) is 10.3. The Labute approximate surface area is 188 Å². The van der Waals surface area contributed by atoms with Gasteiger partial charge in [-0.15, -0.1) is 11.6 Å². The van der Waals surface area contributed by atoms with E-state index in [1.165, 1.54) is 39.3 Å². The van der Waals surface area contributed by atoms with Crippen LogP contribution in [0.4, 0.5) is 0 Å². The Morgan fingerprint density at radius 3 is 2.00 bits per heavy atom. The maximum atomic E-state index is 8.84. The van der Waals surface area contributed by atoms with Crippen molar-refractivity contribution in [1.82, 2.24) is 20.2 Å². The highest BCUT2D eigenvalue weighted by Crippen LogP contribution is 2.18. The lowest BCUT2D eigenvalue weighted by Crippen LogP contribution is -2.21. The Morgan fingerprint density at radius 2 is 1.42 bits per heavy atom. The van der Waals surface area contributed by atoms with Crippen molar-refractivity contribution in [3.63, 3.8) is 0 Å². The second kappa shape index (κ2) is 13.9. The van der Waals surface area contributed by atoms with Crippen LogP contribution < -0.4 is 5.32 Å². The molecular weight excluding hydrogens is 412 g/mol. The third-order valence-corrected chi connectivity index (χ3v) is 4.87. The number of nitrogens with zero attached hydrogens (tertiary/aromatic N) is 1. The van der Waals surface area contributed by atoms with Gasteiger partial charge in [0.1, 0.15) is 0 Å². The molecule has 0 atom stereocenters. The van der Waals surface area contributed by atoms with E-state index in [-0.39, 0.29) is 13.2 Å². The first kappa shape index (κ1) is 24.9. The van der Waals surface area contributed by atoms with Crippen molar-refractivity contribution in [3.05, 3.63) is 72.1 Å². The summed E-state index contributed by atoms with van der Waals surface area (Å²) in [5.41, 5.74) is 4.88. The Hall–Kier alpha value is -2.35. The molecule has 0 aliphatic carbocycles. The van der Waals surface area contributed by atoms with Crippen molar-refractivity contribution in [2.75, 3.05) is 39.7 Å². The summed E-state index contributed by atoms with van der Waals surface area (Å²) < 4.78 is 0. The number of rotatable bonds is 8. The monoisotopic (exact) mass is 444 g/mol. The molecule has 4 aromatic rings. The highest BCUT2D eigenvalue weighted by molar-refractivity contribution is 6.15. The van der Waals surface area contributed by atoms with Crippen LogP contribution in [0.2, 0.25) is 0 Å². The molecule has 0 aliphatic heterocycles. The molecule has 5 N–H and O–H groups in total. The fourth-order valence-electron chi connectivity index (χ4n) is 3.42. The van der Waals surface area contributed by atoms with Crippen LogP contribution >= 0.6 is 11.6 Å². The minimum atomic E-state index is 0.181. The van der Waals surface area contributed by atoms with Crippen LogP contribution in [0.25, 0.3) is 21.8 Å². The standard InChI is InChI=1S/C12H16N2O.C11H14N2O.CH3Cl/c1-14(7-8-15)9-11-4-2-3-10-5-6-13-12(10)11;14-7-6-12-8-10-3-1-2-9-4-5-13-11(9)10;1-2/h2-6,13,15H,7-9H2,1H3;1-5,12-14H,6-8H2;1H3. The number of halogens is 1. The zero-order valence-electron chi connectivity index (χ0n) is 18.2. The number of H-pyrrole nitrogens is 2. The lowest BCUT2D eigenvalue weighted by atomic mass is 10.1. The van der Waals surface area contributed by atoms with E-state index in [1.54, 1.807) is 0 Å².